The molecule has 2 N–H and O–H groups in total. The maximum atomic E-state index is 12.4. The summed E-state index contributed by atoms with van der Waals surface area (Å²) in [6.07, 6.45) is 3.89. The SMILES string of the molecule is CC1CCN(C(=O)C2(C(N)=S)CC2)C(C)C1. The second kappa shape index (κ2) is 3.99. The molecule has 1 aliphatic carbocycles. The van der Waals surface area contributed by atoms with E-state index in [4.69, 9.17) is 18.0 Å². The van der Waals surface area contributed by atoms with Gasteiger partial charge in [0, 0.05) is 12.6 Å². The van der Waals surface area contributed by atoms with E-state index in [9.17, 15) is 4.79 Å². The minimum absolute atomic E-state index is 0.180. The molecule has 2 rings (SSSR count). The summed E-state index contributed by atoms with van der Waals surface area (Å²) in [4.78, 5) is 14.8. The van der Waals surface area contributed by atoms with Crippen molar-refractivity contribution >= 4 is 23.1 Å². The van der Waals surface area contributed by atoms with E-state index in [1.54, 1.807) is 0 Å². The maximum Gasteiger partial charge on any atom is 0.235 e. The number of nitrogens with two attached hydrogens (primary N) is 1. The molecule has 1 saturated heterocycles. The fourth-order valence-electron chi connectivity index (χ4n) is 2.67. The summed E-state index contributed by atoms with van der Waals surface area (Å²) in [6.45, 7) is 5.24. The Labute approximate surface area is 102 Å². The molecular formula is C12H20N2OS. The van der Waals surface area contributed by atoms with Crippen molar-refractivity contribution in [2.75, 3.05) is 6.54 Å². The van der Waals surface area contributed by atoms with Gasteiger partial charge in [0.25, 0.3) is 0 Å². The molecule has 1 aliphatic heterocycles. The van der Waals surface area contributed by atoms with Crippen molar-refractivity contribution in [3.63, 3.8) is 0 Å². The molecule has 0 aromatic heterocycles. The van der Waals surface area contributed by atoms with Gasteiger partial charge in [-0.1, -0.05) is 19.1 Å². The third-order valence-electron chi connectivity index (χ3n) is 4.03. The molecule has 0 radical (unpaired) electrons. The number of amides is 1. The number of nitrogens with zero attached hydrogens (tertiary/aromatic N) is 1. The van der Waals surface area contributed by atoms with Crippen LogP contribution in [0.4, 0.5) is 0 Å². The van der Waals surface area contributed by atoms with E-state index in [0.29, 0.717) is 11.0 Å². The lowest BCUT2D eigenvalue weighted by Crippen LogP contribution is -2.50. The van der Waals surface area contributed by atoms with Crippen LogP contribution in [0, 0.1) is 11.3 Å². The number of likely N-dealkylation sites (tertiary alicyclic amines) is 1. The first-order valence-electron chi connectivity index (χ1n) is 6.08. The standard InChI is InChI=1S/C12H20N2OS/c1-8-3-6-14(9(2)7-8)11(15)12(4-5-12)10(13)16/h8-9H,3-7H2,1-2H3,(H2,13,16). The fourth-order valence-corrected chi connectivity index (χ4v) is 2.97. The summed E-state index contributed by atoms with van der Waals surface area (Å²) in [6, 6.07) is 0.336. The van der Waals surface area contributed by atoms with Gasteiger partial charge in [-0.3, -0.25) is 4.79 Å². The Morgan fingerprint density at radius 3 is 2.50 bits per heavy atom. The van der Waals surface area contributed by atoms with Crippen molar-refractivity contribution in [1.82, 2.24) is 4.90 Å². The average molecular weight is 240 g/mol. The molecule has 2 fully saturated rings. The molecule has 0 aromatic carbocycles. The van der Waals surface area contributed by atoms with Crippen molar-refractivity contribution in [3.8, 4) is 0 Å². The fraction of sp³-hybridized carbons (Fsp3) is 0.833. The lowest BCUT2D eigenvalue weighted by molar-refractivity contribution is -0.138. The molecule has 3 nitrogen and oxygen atoms in total. The monoisotopic (exact) mass is 240 g/mol. The molecule has 2 aliphatic rings. The summed E-state index contributed by atoms with van der Waals surface area (Å²) in [5.74, 6) is 0.901. The van der Waals surface area contributed by atoms with Crippen LogP contribution >= 0.6 is 12.2 Å². The van der Waals surface area contributed by atoms with E-state index < -0.39 is 5.41 Å². The van der Waals surface area contributed by atoms with E-state index in [0.717, 1.165) is 38.1 Å². The largest absolute Gasteiger partial charge is 0.392 e. The van der Waals surface area contributed by atoms with E-state index in [-0.39, 0.29) is 5.91 Å². The van der Waals surface area contributed by atoms with Gasteiger partial charge in [0.1, 0.15) is 0 Å². The van der Waals surface area contributed by atoms with E-state index in [1.807, 2.05) is 4.90 Å². The Kier molecular flexibility index (Phi) is 2.95. The van der Waals surface area contributed by atoms with E-state index in [2.05, 4.69) is 13.8 Å². The highest BCUT2D eigenvalue weighted by molar-refractivity contribution is 7.80. The number of piperidine rings is 1. The van der Waals surface area contributed by atoms with Crippen LogP contribution in [0.2, 0.25) is 0 Å². The number of hydrogen-bond acceptors (Lipinski definition) is 2. The summed E-state index contributed by atoms with van der Waals surface area (Å²) in [5.41, 5.74) is 5.23. The molecule has 16 heavy (non-hydrogen) atoms. The van der Waals surface area contributed by atoms with Crippen molar-refractivity contribution in [2.45, 2.75) is 45.6 Å². The Balaban J connectivity index is 2.08. The molecular weight excluding hydrogens is 220 g/mol. The number of rotatable bonds is 2. The zero-order valence-electron chi connectivity index (χ0n) is 10.0. The summed E-state index contributed by atoms with van der Waals surface area (Å²) in [7, 11) is 0. The van der Waals surface area contributed by atoms with Gasteiger partial charge in [-0.05, 0) is 38.5 Å². The van der Waals surface area contributed by atoms with Crippen molar-refractivity contribution < 1.29 is 4.79 Å². The second-order valence-corrected chi connectivity index (χ2v) is 5.86. The first-order chi connectivity index (χ1) is 7.47. The van der Waals surface area contributed by atoms with Crippen molar-refractivity contribution in [2.24, 2.45) is 17.1 Å². The van der Waals surface area contributed by atoms with Crippen LogP contribution in [-0.2, 0) is 4.79 Å². The lowest BCUT2D eigenvalue weighted by Gasteiger charge is -2.38. The van der Waals surface area contributed by atoms with Crippen LogP contribution in [0.5, 0.6) is 0 Å². The van der Waals surface area contributed by atoms with Gasteiger partial charge in [0.05, 0.1) is 10.4 Å². The van der Waals surface area contributed by atoms with Crippen LogP contribution in [0.15, 0.2) is 0 Å². The molecule has 1 heterocycles. The van der Waals surface area contributed by atoms with Crippen LogP contribution in [-0.4, -0.2) is 28.4 Å². The molecule has 4 heteroatoms. The average Bonchev–Trinajstić information content (AvgIpc) is 2.97. The van der Waals surface area contributed by atoms with Gasteiger partial charge >= 0.3 is 0 Å². The molecule has 0 bridgehead atoms. The first-order valence-corrected chi connectivity index (χ1v) is 6.49. The van der Waals surface area contributed by atoms with Gasteiger partial charge in [-0.15, -0.1) is 0 Å². The van der Waals surface area contributed by atoms with Crippen LogP contribution in [0.25, 0.3) is 0 Å². The normalized spacial score (nSPS) is 32.2. The Hall–Kier alpha value is -0.640. The van der Waals surface area contributed by atoms with Gasteiger partial charge < -0.3 is 10.6 Å². The molecule has 0 aromatic rings. The van der Waals surface area contributed by atoms with Gasteiger partial charge in [0.15, 0.2) is 0 Å². The van der Waals surface area contributed by atoms with Crippen LogP contribution in [0.3, 0.4) is 0 Å². The van der Waals surface area contributed by atoms with Crippen LogP contribution < -0.4 is 5.73 Å². The maximum absolute atomic E-state index is 12.4. The molecule has 0 spiro atoms. The highest BCUT2D eigenvalue weighted by atomic mass is 32.1. The molecule has 1 amide bonds. The summed E-state index contributed by atoms with van der Waals surface area (Å²) < 4.78 is 0. The molecule has 1 saturated carbocycles. The van der Waals surface area contributed by atoms with E-state index >= 15 is 0 Å². The number of carbonyl (C=O) groups excluding carboxylic acids is 1. The zero-order valence-corrected chi connectivity index (χ0v) is 10.8. The minimum atomic E-state index is -0.468. The van der Waals surface area contributed by atoms with Gasteiger partial charge in [-0.25, -0.2) is 0 Å². The van der Waals surface area contributed by atoms with E-state index in [1.165, 1.54) is 0 Å². The topological polar surface area (TPSA) is 46.3 Å². The van der Waals surface area contributed by atoms with Crippen LogP contribution in [0.1, 0.15) is 39.5 Å². The number of carbonyl (C=O) groups is 1. The predicted octanol–water partition coefficient (Wildman–Crippen LogP) is 1.70. The Bertz CT molecular complexity index is 325. The predicted molar refractivity (Wildman–Crippen MR) is 68.0 cm³/mol. The Morgan fingerprint density at radius 1 is 1.44 bits per heavy atom. The second-order valence-electron chi connectivity index (χ2n) is 5.42. The smallest absolute Gasteiger partial charge is 0.235 e. The lowest BCUT2D eigenvalue weighted by atomic mass is 9.91. The Morgan fingerprint density at radius 2 is 2.06 bits per heavy atom. The van der Waals surface area contributed by atoms with Crippen molar-refractivity contribution in [1.29, 1.82) is 0 Å². The zero-order chi connectivity index (χ0) is 11.9. The number of thiocarbonyl (C=S) groups is 1. The van der Waals surface area contributed by atoms with Crippen molar-refractivity contribution in [3.05, 3.63) is 0 Å². The summed E-state index contributed by atoms with van der Waals surface area (Å²) in [5, 5.41) is 0. The highest BCUT2D eigenvalue weighted by Gasteiger charge is 2.55. The van der Waals surface area contributed by atoms with Gasteiger partial charge in [0.2, 0.25) is 5.91 Å². The third kappa shape index (κ3) is 1.83. The molecule has 90 valence electrons. The third-order valence-corrected chi connectivity index (χ3v) is 4.42. The van der Waals surface area contributed by atoms with Gasteiger partial charge in [-0.2, -0.15) is 0 Å². The highest BCUT2D eigenvalue weighted by Crippen LogP contribution is 2.48. The minimum Gasteiger partial charge on any atom is -0.392 e. The molecule has 2 unspecified atom stereocenters. The molecule has 2 atom stereocenters. The first kappa shape index (κ1) is 11.8. The summed E-state index contributed by atoms with van der Waals surface area (Å²) >= 11 is 5.03. The number of hydrogen-bond donors (Lipinski definition) is 1. The quantitative estimate of drug-likeness (QED) is 0.747.